The van der Waals surface area contributed by atoms with Crippen LogP contribution in [0.2, 0.25) is 0 Å². The Balaban J connectivity index is 2.82. The van der Waals surface area contributed by atoms with Crippen molar-refractivity contribution in [3.8, 4) is 0 Å². The highest BCUT2D eigenvalue weighted by Gasteiger charge is 2.18. The van der Waals surface area contributed by atoms with Gasteiger partial charge < -0.3 is 4.18 Å². The molecule has 0 saturated heterocycles. The molecule has 1 heterocycles. The third kappa shape index (κ3) is 2.46. The zero-order valence-corrected chi connectivity index (χ0v) is 7.17. The zero-order chi connectivity index (χ0) is 9.19. The van der Waals surface area contributed by atoms with E-state index in [1.54, 1.807) is 0 Å². The summed E-state index contributed by atoms with van der Waals surface area (Å²) in [7, 11) is -3.64. The molecule has 0 unspecified atom stereocenters. The minimum absolute atomic E-state index is 0.133. The van der Waals surface area contributed by atoms with Crippen LogP contribution in [0.4, 0.5) is 0 Å². The first-order chi connectivity index (χ1) is 5.49. The van der Waals surface area contributed by atoms with Crippen molar-refractivity contribution in [1.29, 1.82) is 0 Å². The molecule has 0 atom stereocenters. The van der Waals surface area contributed by atoms with Gasteiger partial charge in [0.15, 0.2) is 0 Å². The molecular weight excluding hydrogens is 182 g/mol. The molecule has 6 heteroatoms. The van der Waals surface area contributed by atoms with E-state index in [9.17, 15) is 13.2 Å². The van der Waals surface area contributed by atoms with Crippen LogP contribution in [0, 0.1) is 0 Å². The Kier molecular flexibility index (Phi) is 2.27. The van der Waals surface area contributed by atoms with E-state index < -0.39 is 15.9 Å². The summed E-state index contributed by atoms with van der Waals surface area (Å²) in [4.78, 5) is 14.4. The van der Waals surface area contributed by atoms with Crippen LogP contribution < -0.4 is 0 Å². The summed E-state index contributed by atoms with van der Waals surface area (Å²) in [6, 6.07) is 0. The van der Waals surface area contributed by atoms with Gasteiger partial charge in [-0.1, -0.05) is 6.08 Å². The smallest absolute Gasteiger partial charge is 0.307 e. The molecule has 0 N–H and O–H groups in total. The number of ketones is 1. The first-order valence-corrected chi connectivity index (χ1v) is 4.96. The molecule has 0 saturated carbocycles. The van der Waals surface area contributed by atoms with Crippen LogP contribution in [0.15, 0.2) is 17.3 Å². The van der Waals surface area contributed by atoms with Gasteiger partial charge in [-0.3, -0.25) is 4.79 Å². The standard InChI is InChI=1S/C6H7NO4S/c1-12(9,10)11-6-5(8)3-2-4-7-6/h2,4H,3H2,1H3. The van der Waals surface area contributed by atoms with E-state index in [0.29, 0.717) is 0 Å². The van der Waals surface area contributed by atoms with E-state index in [0.717, 1.165) is 6.26 Å². The predicted molar refractivity (Wildman–Crippen MR) is 42.1 cm³/mol. The molecule has 1 aliphatic rings. The topological polar surface area (TPSA) is 72.8 Å². The Bertz CT molecular complexity index is 352. The molecule has 0 aromatic rings. The fourth-order valence-electron chi connectivity index (χ4n) is 0.651. The van der Waals surface area contributed by atoms with Crippen molar-refractivity contribution in [3.63, 3.8) is 0 Å². The Hall–Kier alpha value is -1.17. The summed E-state index contributed by atoms with van der Waals surface area (Å²) in [6.45, 7) is 0. The molecule has 0 bridgehead atoms. The van der Waals surface area contributed by atoms with Crippen LogP contribution in [0.3, 0.4) is 0 Å². The minimum atomic E-state index is -3.64. The number of hydrogen-bond donors (Lipinski definition) is 0. The minimum Gasteiger partial charge on any atom is -0.358 e. The molecule has 0 spiro atoms. The predicted octanol–water partition coefficient (Wildman–Crippen LogP) is -0.152. The molecule has 0 amide bonds. The van der Waals surface area contributed by atoms with Crippen molar-refractivity contribution < 1.29 is 17.4 Å². The van der Waals surface area contributed by atoms with Crippen LogP contribution in [0.1, 0.15) is 6.42 Å². The number of aliphatic imine (C=N–C) groups is 1. The van der Waals surface area contributed by atoms with E-state index in [1.165, 1.54) is 12.3 Å². The summed E-state index contributed by atoms with van der Waals surface area (Å²) >= 11 is 0. The van der Waals surface area contributed by atoms with Gasteiger partial charge in [0.25, 0.3) is 5.90 Å². The number of rotatable bonds is 1. The van der Waals surface area contributed by atoms with Crippen LogP contribution in [0.25, 0.3) is 0 Å². The molecule has 1 rings (SSSR count). The molecule has 12 heavy (non-hydrogen) atoms. The Labute approximate surface area is 69.9 Å². The van der Waals surface area contributed by atoms with Crippen LogP contribution in [-0.2, 0) is 19.1 Å². The summed E-state index contributed by atoms with van der Waals surface area (Å²) in [5, 5.41) is 0. The SMILES string of the molecule is CS(=O)(=O)OC1=NC=CCC1=O. The van der Waals surface area contributed by atoms with E-state index >= 15 is 0 Å². The van der Waals surface area contributed by atoms with E-state index in [-0.39, 0.29) is 12.3 Å². The molecule has 1 aliphatic heterocycles. The molecular formula is C6H7NO4S. The van der Waals surface area contributed by atoms with Gasteiger partial charge in [-0.15, -0.1) is 0 Å². The summed E-state index contributed by atoms with van der Waals surface area (Å²) in [6.07, 6.45) is 3.86. The van der Waals surface area contributed by atoms with Crippen molar-refractivity contribution >= 4 is 21.8 Å². The van der Waals surface area contributed by atoms with E-state index in [4.69, 9.17) is 0 Å². The highest BCUT2D eigenvalue weighted by Crippen LogP contribution is 2.02. The summed E-state index contributed by atoms with van der Waals surface area (Å²) in [5.74, 6) is -0.789. The molecule has 66 valence electrons. The molecule has 5 nitrogen and oxygen atoms in total. The quantitative estimate of drug-likeness (QED) is 0.537. The Morgan fingerprint density at radius 1 is 1.58 bits per heavy atom. The largest absolute Gasteiger partial charge is 0.358 e. The van der Waals surface area contributed by atoms with Crippen molar-refractivity contribution in [2.75, 3.05) is 6.26 Å². The molecule has 0 aromatic carbocycles. The van der Waals surface area contributed by atoms with Gasteiger partial charge in [0.2, 0.25) is 5.78 Å². The fraction of sp³-hybridized carbons (Fsp3) is 0.333. The zero-order valence-electron chi connectivity index (χ0n) is 6.35. The number of allylic oxidation sites excluding steroid dienone is 1. The lowest BCUT2D eigenvalue weighted by Crippen LogP contribution is -2.21. The average Bonchev–Trinajstić information content (AvgIpc) is 1.91. The average molecular weight is 189 g/mol. The third-order valence-electron chi connectivity index (χ3n) is 1.07. The first kappa shape index (κ1) is 8.92. The van der Waals surface area contributed by atoms with Crippen molar-refractivity contribution in [3.05, 3.63) is 12.3 Å². The van der Waals surface area contributed by atoms with Gasteiger partial charge in [-0.2, -0.15) is 8.42 Å². The maximum Gasteiger partial charge on any atom is 0.307 e. The van der Waals surface area contributed by atoms with Gasteiger partial charge in [0.05, 0.1) is 6.26 Å². The van der Waals surface area contributed by atoms with Gasteiger partial charge >= 0.3 is 10.1 Å². The second-order valence-corrected chi connectivity index (χ2v) is 3.81. The van der Waals surface area contributed by atoms with Crippen molar-refractivity contribution in [2.24, 2.45) is 4.99 Å². The monoisotopic (exact) mass is 189 g/mol. The van der Waals surface area contributed by atoms with Crippen molar-refractivity contribution in [1.82, 2.24) is 0 Å². The lowest BCUT2D eigenvalue weighted by atomic mass is 10.2. The van der Waals surface area contributed by atoms with Crippen LogP contribution in [0.5, 0.6) is 0 Å². The number of Topliss-reactive ketones (excluding diaryl/α,β-unsaturated/α-hetero) is 1. The number of nitrogens with zero attached hydrogens (tertiary/aromatic N) is 1. The van der Waals surface area contributed by atoms with Gasteiger partial charge in [-0.25, -0.2) is 4.99 Å². The second kappa shape index (κ2) is 3.06. The van der Waals surface area contributed by atoms with Crippen molar-refractivity contribution in [2.45, 2.75) is 6.42 Å². The summed E-state index contributed by atoms with van der Waals surface area (Å²) in [5.41, 5.74) is 0. The molecule has 0 fully saturated rings. The maximum atomic E-state index is 10.9. The maximum absolute atomic E-state index is 10.9. The normalized spacial score (nSPS) is 17.4. The van der Waals surface area contributed by atoms with Gasteiger partial charge in [0, 0.05) is 12.6 Å². The van der Waals surface area contributed by atoms with Gasteiger partial charge in [0.1, 0.15) is 0 Å². The first-order valence-electron chi connectivity index (χ1n) is 3.14. The van der Waals surface area contributed by atoms with Crippen LogP contribution >= 0.6 is 0 Å². The van der Waals surface area contributed by atoms with E-state index in [1.807, 2.05) is 0 Å². The number of carbonyl (C=O) groups excluding carboxylic acids is 1. The highest BCUT2D eigenvalue weighted by molar-refractivity contribution is 7.86. The Morgan fingerprint density at radius 2 is 2.25 bits per heavy atom. The number of hydrogen-bond acceptors (Lipinski definition) is 5. The molecule has 0 radical (unpaired) electrons. The lowest BCUT2D eigenvalue weighted by Gasteiger charge is -2.05. The molecule has 0 aliphatic carbocycles. The molecule has 0 aromatic heterocycles. The lowest BCUT2D eigenvalue weighted by molar-refractivity contribution is -0.113. The third-order valence-corrected chi connectivity index (χ3v) is 1.53. The summed E-state index contributed by atoms with van der Waals surface area (Å²) < 4.78 is 25.4. The number of carbonyl (C=O) groups is 1. The van der Waals surface area contributed by atoms with E-state index in [2.05, 4.69) is 9.18 Å². The van der Waals surface area contributed by atoms with Crippen LogP contribution in [-0.4, -0.2) is 26.4 Å². The Morgan fingerprint density at radius 3 is 2.75 bits per heavy atom. The second-order valence-electron chi connectivity index (χ2n) is 2.23. The fourth-order valence-corrected chi connectivity index (χ4v) is 1.07. The highest BCUT2D eigenvalue weighted by atomic mass is 32.2. The van der Waals surface area contributed by atoms with Gasteiger partial charge in [-0.05, 0) is 0 Å².